The molecule has 0 saturated heterocycles. The van der Waals surface area contributed by atoms with Crippen molar-refractivity contribution in [1.29, 1.82) is 0 Å². The third-order valence-corrected chi connectivity index (χ3v) is 2.64. The van der Waals surface area contributed by atoms with E-state index in [-0.39, 0.29) is 18.6 Å². The fraction of sp³-hybridized carbons (Fsp3) is 0.385. The first kappa shape index (κ1) is 12.4. The Kier molecular flexibility index (Phi) is 4.23. The fourth-order valence-electron chi connectivity index (χ4n) is 1.66. The molecule has 0 atom stereocenters. The van der Waals surface area contributed by atoms with Crippen LogP contribution in [0.3, 0.4) is 0 Å². The maximum absolute atomic E-state index is 11.6. The highest BCUT2D eigenvalue weighted by atomic mass is 16.4. The molecule has 1 aromatic rings. The van der Waals surface area contributed by atoms with Crippen LogP contribution in [0.2, 0.25) is 0 Å². The Balaban J connectivity index is 2.66. The Morgan fingerprint density at radius 3 is 2.19 bits per heavy atom. The van der Waals surface area contributed by atoms with E-state index in [0.717, 1.165) is 16.7 Å². The summed E-state index contributed by atoms with van der Waals surface area (Å²) in [5.74, 6) is -0.936. The van der Waals surface area contributed by atoms with Crippen molar-refractivity contribution < 1.29 is 14.7 Å². The average molecular weight is 220 g/mol. The molecule has 0 aliphatic carbocycles. The standard InChI is InChI=1S/C13H16O3/c1-9-4-3-5-10(2)12(9)8-11(14)6-7-13(15)16/h3-5H,6-8H2,1-2H3,(H,15,16). The predicted molar refractivity (Wildman–Crippen MR) is 61.5 cm³/mol. The Hall–Kier alpha value is -1.64. The van der Waals surface area contributed by atoms with Gasteiger partial charge in [0.25, 0.3) is 0 Å². The number of carboxylic acids is 1. The summed E-state index contributed by atoms with van der Waals surface area (Å²) >= 11 is 0. The van der Waals surface area contributed by atoms with Crippen LogP contribution in [0.25, 0.3) is 0 Å². The van der Waals surface area contributed by atoms with E-state index < -0.39 is 5.97 Å². The molecule has 0 fully saturated rings. The lowest BCUT2D eigenvalue weighted by Crippen LogP contribution is -2.08. The molecule has 0 spiro atoms. The van der Waals surface area contributed by atoms with Crippen molar-refractivity contribution in [2.45, 2.75) is 33.1 Å². The Bertz CT molecular complexity index is 387. The summed E-state index contributed by atoms with van der Waals surface area (Å²) < 4.78 is 0. The molecule has 0 aliphatic rings. The third kappa shape index (κ3) is 3.50. The lowest BCUT2D eigenvalue weighted by molar-refractivity contribution is -0.138. The predicted octanol–water partition coefficient (Wildman–Crippen LogP) is 2.28. The van der Waals surface area contributed by atoms with E-state index in [1.165, 1.54) is 0 Å². The van der Waals surface area contributed by atoms with E-state index in [9.17, 15) is 9.59 Å². The van der Waals surface area contributed by atoms with E-state index in [1.54, 1.807) is 0 Å². The van der Waals surface area contributed by atoms with Crippen LogP contribution in [0.5, 0.6) is 0 Å². The molecule has 1 N–H and O–H groups in total. The molecular formula is C13H16O3. The van der Waals surface area contributed by atoms with Gasteiger partial charge in [0.1, 0.15) is 5.78 Å². The average Bonchev–Trinajstić information content (AvgIpc) is 2.21. The first-order chi connectivity index (χ1) is 7.50. The van der Waals surface area contributed by atoms with Crippen LogP contribution in [0, 0.1) is 13.8 Å². The van der Waals surface area contributed by atoms with Crippen molar-refractivity contribution in [3.63, 3.8) is 0 Å². The Labute approximate surface area is 95.1 Å². The van der Waals surface area contributed by atoms with Gasteiger partial charge in [-0.1, -0.05) is 18.2 Å². The van der Waals surface area contributed by atoms with Gasteiger partial charge in [-0.3, -0.25) is 9.59 Å². The van der Waals surface area contributed by atoms with Gasteiger partial charge in [-0.25, -0.2) is 0 Å². The van der Waals surface area contributed by atoms with Gasteiger partial charge in [0.05, 0.1) is 6.42 Å². The molecule has 3 nitrogen and oxygen atoms in total. The van der Waals surface area contributed by atoms with Gasteiger partial charge >= 0.3 is 5.97 Å². The van der Waals surface area contributed by atoms with Crippen LogP contribution in [-0.4, -0.2) is 16.9 Å². The lowest BCUT2D eigenvalue weighted by Gasteiger charge is -2.08. The van der Waals surface area contributed by atoms with Gasteiger partial charge in [-0.2, -0.15) is 0 Å². The molecule has 3 heteroatoms. The molecule has 1 rings (SSSR count). The zero-order valence-corrected chi connectivity index (χ0v) is 9.62. The number of carbonyl (C=O) groups excluding carboxylic acids is 1. The minimum absolute atomic E-state index is 0.0141. The van der Waals surface area contributed by atoms with Gasteiger partial charge in [-0.15, -0.1) is 0 Å². The first-order valence-corrected chi connectivity index (χ1v) is 5.29. The molecule has 0 aromatic heterocycles. The molecule has 16 heavy (non-hydrogen) atoms. The van der Waals surface area contributed by atoms with Gasteiger partial charge in [0.15, 0.2) is 0 Å². The number of Topliss-reactive ketones (excluding diaryl/α,β-unsaturated/α-hetero) is 1. The number of ketones is 1. The second-order valence-corrected chi connectivity index (χ2v) is 3.98. The van der Waals surface area contributed by atoms with E-state index in [4.69, 9.17) is 5.11 Å². The topological polar surface area (TPSA) is 54.4 Å². The number of aryl methyl sites for hydroxylation is 2. The number of carbonyl (C=O) groups is 2. The van der Waals surface area contributed by atoms with Gasteiger partial charge < -0.3 is 5.11 Å². The minimum Gasteiger partial charge on any atom is -0.481 e. The number of hydrogen-bond acceptors (Lipinski definition) is 2. The summed E-state index contributed by atoms with van der Waals surface area (Å²) in [4.78, 5) is 21.9. The number of aliphatic carboxylic acids is 1. The fourth-order valence-corrected chi connectivity index (χ4v) is 1.66. The van der Waals surface area contributed by atoms with Crippen molar-refractivity contribution in [3.8, 4) is 0 Å². The van der Waals surface area contributed by atoms with Crippen LogP contribution in [-0.2, 0) is 16.0 Å². The SMILES string of the molecule is Cc1cccc(C)c1CC(=O)CCC(=O)O. The molecule has 0 bridgehead atoms. The minimum atomic E-state index is -0.921. The van der Waals surface area contributed by atoms with Crippen molar-refractivity contribution in [2.24, 2.45) is 0 Å². The quantitative estimate of drug-likeness (QED) is 0.828. The molecule has 1 aromatic carbocycles. The zero-order valence-electron chi connectivity index (χ0n) is 9.62. The molecule has 0 unspecified atom stereocenters. The normalized spacial score (nSPS) is 10.1. The van der Waals surface area contributed by atoms with Gasteiger partial charge in [-0.05, 0) is 30.5 Å². The molecular weight excluding hydrogens is 204 g/mol. The van der Waals surface area contributed by atoms with Gasteiger partial charge in [0, 0.05) is 12.8 Å². The Morgan fingerprint density at radius 2 is 1.69 bits per heavy atom. The highest BCUT2D eigenvalue weighted by Crippen LogP contribution is 2.15. The van der Waals surface area contributed by atoms with E-state index in [0.29, 0.717) is 6.42 Å². The molecule has 0 saturated carbocycles. The molecule has 0 aliphatic heterocycles. The Morgan fingerprint density at radius 1 is 1.12 bits per heavy atom. The van der Waals surface area contributed by atoms with Crippen molar-refractivity contribution in [1.82, 2.24) is 0 Å². The van der Waals surface area contributed by atoms with Crippen molar-refractivity contribution >= 4 is 11.8 Å². The molecule has 0 radical (unpaired) electrons. The second kappa shape index (κ2) is 5.45. The molecule has 0 heterocycles. The van der Waals surface area contributed by atoms with Crippen LogP contribution >= 0.6 is 0 Å². The van der Waals surface area contributed by atoms with Gasteiger partial charge in [0.2, 0.25) is 0 Å². The van der Waals surface area contributed by atoms with Crippen LogP contribution < -0.4 is 0 Å². The van der Waals surface area contributed by atoms with Crippen LogP contribution in [0.4, 0.5) is 0 Å². The summed E-state index contributed by atoms with van der Waals surface area (Å²) in [7, 11) is 0. The largest absolute Gasteiger partial charge is 0.481 e. The first-order valence-electron chi connectivity index (χ1n) is 5.29. The van der Waals surface area contributed by atoms with Crippen molar-refractivity contribution in [2.75, 3.05) is 0 Å². The molecule has 0 amide bonds. The summed E-state index contributed by atoms with van der Waals surface area (Å²) in [5.41, 5.74) is 3.20. The van der Waals surface area contributed by atoms with E-state index in [1.807, 2.05) is 32.0 Å². The number of hydrogen-bond donors (Lipinski definition) is 1. The monoisotopic (exact) mass is 220 g/mol. The maximum Gasteiger partial charge on any atom is 0.303 e. The molecule has 86 valence electrons. The number of rotatable bonds is 5. The highest BCUT2D eigenvalue weighted by molar-refractivity contribution is 5.84. The lowest BCUT2D eigenvalue weighted by atomic mass is 9.97. The summed E-state index contributed by atoms with van der Waals surface area (Å²) in [6.45, 7) is 3.93. The summed E-state index contributed by atoms with van der Waals surface area (Å²) in [6.07, 6.45) is 0.374. The van der Waals surface area contributed by atoms with Crippen molar-refractivity contribution in [3.05, 3.63) is 34.9 Å². The third-order valence-electron chi connectivity index (χ3n) is 2.64. The summed E-state index contributed by atoms with van der Waals surface area (Å²) in [5, 5.41) is 8.49. The maximum atomic E-state index is 11.6. The van der Waals surface area contributed by atoms with E-state index in [2.05, 4.69) is 0 Å². The highest BCUT2D eigenvalue weighted by Gasteiger charge is 2.09. The van der Waals surface area contributed by atoms with E-state index >= 15 is 0 Å². The number of carboxylic acid groups (broad SMARTS) is 1. The smallest absolute Gasteiger partial charge is 0.303 e. The zero-order chi connectivity index (χ0) is 12.1. The second-order valence-electron chi connectivity index (χ2n) is 3.98. The summed E-state index contributed by atoms with van der Waals surface area (Å²) in [6, 6.07) is 5.88. The van der Waals surface area contributed by atoms with Crippen LogP contribution in [0.1, 0.15) is 29.5 Å². The van der Waals surface area contributed by atoms with Crippen LogP contribution in [0.15, 0.2) is 18.2 Å². The number of benzene rings is 1.